The number of benzene rings is 2. The van der Waals surface area contributed by atoms with Crippen molar-refractivity contribution in [3.63, 3.8) is 0 Å². The lowest BCUT2D eigenvalue weighted by molar-refractivity contribution is -0.135. The highest BCUT2D eigenvalue weighted by Crippen LogP contribution is 2.35. The van der Waals surface area contributed by atoms with E-state index in [1.807, 2.05) is 76.2 Å². The summed E-state index contributed by atoms with van der Waals surface area (Å²) in [6.07, 6.45) is 2.76. The average Bonchev–Trinajstić information content (AvgIpc) is 3.99. The number of nitrogens with one attached hydrogen (secondary N) is 4. The largest absolute Gasteiger partial charge is 0.465 e. The van der Waals surface area contributed by atoms with Crippen LogP contribution in [0.5, 0.6) is 0 Å². The third-order valence-corrected chi connectivity index (χ3v) is 10.9. The van der Waals surface area contributed by atoms with Crippen LogP contribution in [0.3, 0.4) is 0 Å². The number of nitrogens with zero attached hydrogens (tertiary/aromatic N) is 4. The molecule has 0 saturated carbocycles. The first-order valence-corrected chi connectivity index (χ1v) is 18.8. The molecule has 0 aliphatic carbocycles. The van der Waals surface area contributed by atoms with Gasteiger partial charge in [-0.25, -0.2) is 19.6 Å². The molecule has 5 atom stereocenters. The fourth-order valence-electron chi connectivity index (χ4n) is 7.73. The number of hydrogen-bond donors (Lipinski definition) is 5. The summed E-state index contributed by atoms with van der Waals surface area (Å²) in [6.45, 7) is 10.1. The summed E-state index contributed by atoms with van der Waals surface area (Å²) in [7, 11) is 1.26. The fraction of sp³-hybridized carbons (Fsp3) is 0.475. The summed E-state index contributed by atoms with van der Waals surface area (Å²) in [5.74, 6) is -0.0231. The van der Waals surface area contributed by atoms with Crippen molar-refractivity contribution in [2.24, 2.45) is 16.8 Å². The van der Waals surface area contributed by atoms with Crippen LogP contribution in [0, 0.1) is 11.8 Å². The van der Waals surface area contributed by atoms with Gasteiger partial charge in [-0.1, -0.05) is 76.2 Å². The molecule has 2 fully saturated rings. The lowest BCUT2D eigenvalue weighted by Crippen LogP contribution is -2.55. The second-order valence-corrected chi connectivity index (χ2v) is 15.3. The molecule has 5 amide bonds. The molecule has 3 aliphatic heterocycles. The van der Waals surface area contributed by atoms with Crippen LogP contribution in [0.15, 0.2) is 59.7 Å². The molecule has 4 heterocycles. The Balaban J connectivity index is 1.14. The van der Waals surface area contributed by atoms with Crippen LogP contribution in [0.4, 0.5) is 9.59 Å². The molecule has 0 spiro atoms. The van der Waals surface area contributed by atoms with E-state index in [0.717, 1.165) is 41.6 Å². The quantitative estimate of drug-likeness (QED) is 0.184. The Labute approximate surface area is 320 Å². The molecule has 6 rings (SSSR count). The Morgan fingerprint density at radius 1 is 0.836 bits per heavy atom. The van der Waals surface area contributed by atoms with E-state index in [-0.39, 0.29) is 35.6 Å². The Morgan fingerprint density at radius 3 is 1.93 bits per heavy atom. The van der Waals surface area contributed by atoms with E-state index in [4.69, 9.17) is 9.73 Å². The molecule has 292 valence electrons. The number of imidazole rings is 1. The first-order chi connectivity index (χ1) is 26.2. The molecule has 0 radical (unpaired) electrons. The van der Waals surface area contributed by atoms with Crippen molar-refractivity contribution in [1.29, 1.82) is 0 Å². The second-order valence-electron chi connectivity index (χ2n) is 15.3. The van der Waals surface area contributed by atoms with Crippen LogP contribution in [-0.2, 0) is 24.7 Å². The Morgan fingerprint density at radius 2 is 1.36 bits per heavy atom. The number of aliphatic imine (C=N–C) groups is 1. The molecule has 1 aromatic heterocycles. The van der Waals surface area contributed by atoms with Gasteiger partial charge in [-0.05, 0) is 66.7 Å². The fourth-order valence-corrected chi connectivity index (χ4v) is 7.73. The van der Waals surface area contributed by atoms with Gasteiger partial charge in [0.1, 0.15) is 23.7 Å². The summed E-state index contributed by atoms with van der Waals surface area (Å²) >= 11 is 0. The molecular weight excluding hydrogens is 704 g/mol. The van der Waals surface area contributed by atoms with E-state index in [1.54, 1.807) is 22.9 Å². The number of alkyl carbamates (subject to hydrolysis) is 1. The van der Waals surface area contributed by atoms with Gasteiger partial charge in [-0.3, -0.25) is 14.4 Å². The number of amides is 5. The van der Waals surface area contributed by atoms with Gasteiger partial charge in [-0.15, -0.1) is 0 Å². The summed E-state index contributed by atoms with van der Waals surface area (Å²) in [4.78, 5) is 80.0. The number of carbonyl (C=O) groups excluding carboxylic acids is 4. The van der Waals surface area contributed by atoms with Gasteiger partial charge in [0, 0.05) is 13.1 Å². The van der Waals surface area contributed by atoms with Crippen molar-refractivity contribution in [3.8, 4) is 22.4 Å². The lowest BCUT2D eigenvalue weighted by atomic mass is 9.91. The number of aromatic nitrogens is 2. The van der Waals surface area contributed by atoms with Crippen molar-refractivity contribution < 1.29 is 33.8 Å². The van der Waals surface area contributed by atoms with Crippen molar-refractivity contribution in [2.45, 2.75) is 90.0 Å². The Hall–Kier alpha value is -5.73. The van der Waals surface area contributed by atoms with E-state index in [1.165, 1.54) is 7.11 Å². The number of carbonyl (C=O) groups is 5. The van der Waals surface area contributed by atoms with Crippen LogP contribution in [0.1, 0.15) is 77.7 Å². The van der Waals surface area contributed by atoms with E-state index >= 15 is 0 Å². The first-order valence-electron chi connectivity index (χ1n) is 18.8. The predicted octanol–water partition coefficient (Wildman–Crippen LogP) is 4.81. The number of rotatable bonds is 11. The molecule has 5 N–H and O–H groups in total. The summed E-state index contributed by atoms with van der Waals surface area (Å²) in [5, 5.41) is 17.3. The minimum atomic E-state index is -1.23. The van der Waals surface area contributed by atoms with Crippen molar-refractivity contribution >= 4 is 35.7 Å². The molecular formula is C40H50N8O7. The zero-order valence-corrected chi connectivity index (χ0v) is 32.1. The standard InChI is InChI=1S/C40H50N8O7/c1-22(2)31(43-38(52)53)35(49)47-19-7-9-29(47)33-41-21-28(42-33)26-13-11-24(12-14-26)25-15-17-27(18-16-25)40(5)37(51)45-34(46-40)30-10-8-20-48(30)36(50)32(23(3)4)44-39(54)55-6/h11-18,21-23,29-32,43H,7-10,19-20H2,1-6H3,(H,41,42)(H,44,54)(H,52,53)(H,45,46,51). The number of carboxylic acid groups (broad SMARTS) is 1. The topological polar surface area (TPSA) is 198 Å². The van der Waals surface area contributed by atoms with Crippen LogP contribution < -0.4 is 16.0 Å². The number of ether oxygens (including phenoxy) is 1. The maximum absolute atomic E-state index is 13.6. The number of amidine groups is 1. The summed E-state index contributed by atoms with van der Waals surface area (Å²) in [5.41, 5.74) is 3.17. The molecule has 55 heavy (non-hydrogen) atoms. The van der Waals surface area contributed by atoms with Crippen molar-refractivity contribution in [3.05, 3.63) is 66.1 Å². The van der Waals surface area contributed by atoms with Crippen LogP contribution >= 0.6 is 0 Å². The highest BCUT2D eigenvalue weighted by molar-refractivity contribution is 6.11. The molecule has 0 bridgehead atoms. The van der Waals surface area contributed by atoms with Crippen LogP contribution in [0.2, 0.25) is 0 Å². The van der Waals surface area contributed by atoms with E-state index in [2.05, 4.69) is 25.9 Å². The van der Waals surface area contributed by atoms with E-state index in [0.29, 0.717) is 36.7 Å². The average molecular weight is 755 g/mol. The van der Waals surface area contributed by atoms with Gasteiger partial charge < -0.3 is 40.6 Å². The smallest absolute Gasteiger partial charge is 0.407 e. The highest BCUT2D eigenvalue weighted by Gasteiger charge is 2.46. The minimum Gasteiger partial charge on any atom is -0.465 e. The Kier molecular flexibility index (Phi) is 11.3. The Bertz CT molecular complexity index is 1960. The number of hydrogen-bond acceptors (Lipinski definition) is 8. The van der Waals surface area contributed by atoms with Crippen molar-refractivity contribution in [1.82, 2.24) is 35.7 Å². The monoisotopic (exact) mass is 754 g/mol. The molecule has 2 aromatic carbocycles. The van der Waals surface area contributed by atoms with Gasteiger partial charge in [0.25, 0.3) is 5.91 Å². The highest BCUT2D eigenvalue weighted by atomic mass is 16.5. The van der Waals surface area contributed by atoms with E-state index < -0.39 is 35.9 Å². The molecule has 3 aliphatic rings. The number of likely N-dealkylation sites (tertiary alicyclic amines) is 2. The van der Waals surface area contributed by atoms with Crippen LogP contribution in [-0.4, -0.2) is 98.9 Å². The SMILES string of the molecule is COC(=O)NC(C(=O)N1CCCC1C1=NC(C)(c2ccc(-c3ccc(-c4cnc(C5CCCN5C(=O)C(NC(=O)O)C(C)C)[nH]4)cc3)cc2)C(=O)N1)C(C)C. The van der Waals surface area contributed by atoms with Gasteiger partial charge in [0.2, 0.25) is 11.8 Å². The second kappa shape index (κ2) is 15.9. The number of methoxy groups -OCH3 is 1. The molecule has 15 heteroatoms. The first kappa shape index (κ1) is 39.0. The molecule has 5 unspecified atom stereocenters. The zero-order chi connectivity index (χ0) is 39.6. The lowest BCUT2D eigenvalue weighted by Gasteiger charge is -2.30. The summed E-state index contributed by atoms with van der Waals surface area (Å²) in [6, 6.07) is 13.4. The third-order valence-electron chi connectivity index (χ3n) is 10.9. The number of H-pyrrole nitrogens is 1. The van der Waals surface area contributed by atoms with Gasteiger partial charge in [-0.2, -0.15) is 0 Å². The normalized spacial score (nSPS) is 22.0. The van der Waals surface area contributed by atoms with Gasteiger partial charge in [0.15, 0.2) is 5.54 Å². The minimum absolute atomic E-state index is 0.173. The molecule has 2 saturated heterocycles. The predicted molar refractivity (Wildman–Crippen MR) is 205 cm³/mol. The van der Waals surface area contributed by atoms with Crippen LogP contribution in [0.25, 0.3) is 22.4 Å². The maximum Gasteiger partial charge on any atom is 0.407 e. The van der Waals surface area contributed by atoms with Gasteiger partial charge in [0.05, 0.1) is 31.1 Å². The molecule has 3 aromatic rings. The summed E-state index contributed by atoms with van der Waals surface area (Å²) < 4.78 is 4.74. The number of aromatic amines is 1. The van der Waals surface area contributed by atoms with Gasteiger partial charge >= 0.3 is 12.2 Å². The van der Waals surface area contributed by atoms with E-state index in [9.17, 15) is 29.1 Å². The maximum atomic E-state index is 13.6. The van der Waals surface area contributed by atoms with Crippen molar-refractivity contribution in [2.75, 3.05) is 20.2 Å². The third kappa shape index (κ3) is 7.91. The zero-order valence-electron chi connectivity index (χ0n) is 32.1. The molecule has 15 nitrogen and oxygen atoms in total.